The van der Waals surface area contributed by atoms with Gasteiger partial charge >= 0.3 is 0 Å². The molecule has 0 saturated carbocycles. The molecule has 0 bridgehead atoms. The van der Waals surface area contributed by atoms with E-state index in [1.54, 1.807) is 14.2 Å². The van der Waals surface area contributed by atoms with Gasteiger partial charge in [0.05, 0.1) is 20.3 Å². The van der Waals surface area contributed by atoms with Crippen molar-refractivity contribution in [3.05, 3.63) is 48.0 Å². The third kappa shape index (κ3) is 5.88. The molecule has 0 aromatic heterocycles. The second-order valence-electron chi connectivity index (χ2n) is 5.59. The highest BCUT2D eigenvalue weighted by Gasteiger charge is 2.07. The van der Waals surface area contributed by atoms with Gasteiger partial charge in [-0.3, -0.25) is 4.99 Å². The zero-order chi connectivity index (χ0) is 18.8. The third-order valence-corrected chi connectivity index (χ3v) is 3.60. The Morgan fingerprint density at radius 3 is 2.62 bits per heavy atom. The van der Waals surface area contributed by atoms with E-state index in [0.29, 0.717) is 31.5 Å². The van der Waals surface area contributed by atoms with Gasteiger partial charge in [-0.05, 0) is 43.7 Å². The van der Waals surface area contributed by atoms with Crippen molar-refractivity contribution in [3.8, 4) is 17.2 Å². The molecule has 6 heteroatoms. The second-order valence-corrected chi connectivity index (χ2v) is 5.59. The monoisotopic (exact) mass is 357 g/mol. The zero-order valence-electron chi connectivity index (χ0n) is 15.8. The van der Waals surface area contributed by atoms with E-state index in [9.17, 15) is 0 Å². The van der Waals surface area contributed by atoms with Crippen LogP contribution in [0.25, 0.3) is 0 Å². The first-order chi connectivity index (χ1) is 12.7. The van der Waals surface area contributed by atoms with Crippen LogP contribution in [0.5, 0.6) is 17.2 Å². The molecule has 0 saturated heterocycles. The molecule has 0 aliphatic carbocycles. The van der Waals surface area contributed by atoms with Crippen molar-refractivity contribution in [2.45, 2.75) is 13.8 Å². The highest BCUT2D eigenvalue weighted by Crippen LogP contribution is 2.30. The number of aryl methyl sites for hydroxylation is 1. The first-order valence-corrected chi connectivity index (χ1v) is 8.64. The van der Waals surface area contributed by atoms with Crippen molar-refractivity contribution in [3.63, 3.8) is 0 Å². The van der Waals surface area contributed by atoms with Crippen LogP contribution in [0.15, 0.2) is 47.5 Å². The summed E-state index contributed by atoms with van der Waals surface area (Å²) < 4.78 is 16.6. The van der Waals surface area contributed by atoms with Crippen molar-refractivity contribution in [1.82, 2.24) is 5.32 Å². The van der Waals surface area contributed by atoms with Crippen molar-refractivity contribution < 1.29 is 14.2 Å². The van der Waals surface area contributed by atoms with Crippen LogP contribution >= 0.6 is 0 Å². The molecule has 26 heavy (non-hydrogen) atoms. The van der Waals surface area contributed by atoms with Crippen molar-refractivity contribution in [1.29, 1.82) is 0 Å². The van der Waals surface area contributed by atoms with Crippen LogP contribution < -0.4 is 24.8 Å². The summed E-state index contributed by atoms with van der Waals surface area (Å²) in [6, 6.07) is 13.7. The van der Waals surface area contributed by atoms with E-state index in [1.807, 2.05) is 56.3 Å². The summed E-state index contributed by atoms with van der Waals surface area (Å²) in [6.07, 6.45) is 0. The molecule has 0 amide bonds. The van der Waals surface area contributed by atoms with Crippen molar-refractivity contribution in [2.24, 2.45) is 4.99 Å². The topological polar surface area (TPSA) is 64.1 Å². The summed E-state index contributed by atoms with van der Waals surface area (Å²) >= 11 is 0. The number of methoxy groups -OCH3 is 1. The van der Waals surface area contributed by atoms with Gasteiger partial charge in [-0.15, -0.1) is 0 Å². The summed E-state index contributed by atoms with van der Waals surface area (Å²) in [5.74, 6) is 2.92. The fourth-order valence-electron chi connectivity index (χ4n) is 2.38. The maximum Gasteiger partial charge on any atom is 0.195 e. The van der Waals surface area contributed by atoms with E-state index in [-0.39, 0.29) is 0 Å². The molecule has 0 atom stereocenters. The molecule has 2 aromatic rings. The summed E-state index contributed by atoms with van der Waals surface area (Å²) in [7, 11) is 3.35. The lowest BCUT2D eigenvalue weighted by molar-refractivity contribution is 0.311. The Morgan fingerprint density at radius 1 is 1.08 bits per heavy atom. The molecule has 140 valence electrons. The normalized spacial score (nSPS) is 11.0. The predicted molar refractivity (Wildman–Crippen MR) is 106 cm³/mol. The Labute approximate surface area is 155 Å². The smallest absolute Gasteiger partial charge is 0.195 e. The van der Waals surface area contributed by atoms with Gasteiger partial charge in [0.1, 0.15) is 12.4 Å². The highest BCUT2D eigenvalue weighted by molar-refractivity contribution is 5.93. The van der Waals surface area contributed by atoms with Crippen LogP contribution in [-0.2, 0) is 0 Å². The fourth-order valence-corrected chi connectivity index (χ4v) is 2.38. The van der Waals surface area contributed by atoms with Gasteiger partial charge in [-0.1, -0.05) is 12.1 Å². The molecule has 2 aromatic carbocycles. The number of anilines is 1. The number of nitrogens with zero attached hydrogens (tertiary/aromatic N) is 1. The Hall–Kier alpha value is -2.89. The Morgan fingerprint density at radius 2 is 1.92 bits per heavy atom. The number of rotatable bonds is 8. The lowest BCUT2D eigenvalue weighted by Crippen LogP contribution is -2.33. The van der Waals surface area contributed by atoms with Gasteiger partial charge in [-0.25, -0.2) is 0 Å². The summed E-state index contributed by atoms with van der Waals surface area (Å²) in [5, 5.41) is 6.45. The minimum Gasteiger partial charge on any atom is -0.493 e. The Kier molecular flexibility index (Phi) is 7.61. The number of hydrogen-bond acceptors (Lipinski definition) is 4. The molecule has 0 spiro atoms. The van der Waals surface area contributed by atoms with Crippen LogP contribution in [0.1, 0.15) is 12.5 Å². The minimum atomic E-state index is 0.538. The molecule has 0 heterocycles. The number of benzene rings is 2. The van der Waals surface area contributed by atoms with Gasteiger partial charge in [0.25, 0.3) is 0 Å². The van der Waals surface area contributed by atoms with E-state index in [1.165, 1.54) is 5.56 Å². The molecule has 6 nitrogen and oxygen atoms in total. The molecule has 0 unspecified atom stereocenters. The first-order valence-electron chi connectivity index (χ1n) is 8.64. The van der Waals surface area contributed by atoms with Gasteiger partial charge in [0.15, 0.2) is 17.5 Å². The van der Waals surface area contributed by atoms with Gasteiger partial charge in [0, 0.05) is 18.8 Å². The molecule has 0 fully saturated rings. The largest absolute Gasteiger partial charge is 0.493 e. The van der Waals surface area contributed by atoms with Crippen molar-refractivity contribution in [2.75, 3.05) is 39.2 Å². The lowest BCUT2D eigenvalue weighted by Gasteiger charge is -2.15. The van der Waals surface area contributed by atoms with E-state index < -0.39 is 0 Å². The van der Waals surface area contributed by atoms with Gasteiger partial charge in [0.2, 0.25) is 0 Å². The molecular weight excluding hydrogens is 330 g/mol. The van der Waals surface area contributed by atoms with E-state index >= 15 is 0 Å². The number of guanidine groups is 1. The summed E-state index contributed by atoms with van der Waals surface area (Å²) in [4.78, 5) is 4.22. The highest BCUT2D eigenvalue weighted by atomic mass is 16.5. The summed E-state index contributed by atoms with van der Waals surface area (Å²) in [5.41, 5.74) is 2.04. The average molecular weight is 357 g/mol. The number of hydrogen-bond donors (Lipinski definition) is 2. The predicted octanol–water partition coefficient (Wildman–Crippen LogP) is 3.47. The average Bonchev–Trinajstić information content (AvgIpc) is 2.65. The number of ether oxygens (including phenoxy) is 3. The lowest BCUT2D eigenvalue weighted by atomic mass is 10.2. The van der Waals surface area contributed by atoms with E-state index in [2.05, 4.69) is 15.6 Å². The molecule has 2 N–H and O–H groups in total. The maximum atomic E-state index is 5.73. The number of aliphatic imine (C=N–C) groups is 1. The van der Waals surface area contributed by atoms with Crippen LogP contribution in [0.4, 0.5) is 5.69 Å². The maximum absolute atomic E-state index is 5.73. The SMILES string of the molecule is CCOc1ccc(NC(=NC)NCCOc2cccc(C)c2)cc1OC. The van der Waals surface area contributed by atoms with Gasteiger partial charge in [-0.2, -0.15) is 0 Å². The van der Waals surface area contributed by atoms with Gasteiger partial charge < -0.3 is 24.8 Å². The second kappa shape index (κ2) is 10.2. The van der Waals surface area contributed by atoms with Crippen LogP contribution in [-0.4, -0.2) is 39.9 Å². The quantitative estimate of drug-likeness (QED) is 0.430. The molecule has 0 aliphatic rings. The van der Waals surface area contributed by atoms with E-state index in [4.69, 9.17) is 14.2 Å². The van der Waals surface area contributed by atoms with Crippen LogP contribution in [0.2, 0.25) is 0 Å². The Balaban J connectivity index is 1.85. The Bertz CT molecular complexity index is 732. The van der Waals surface area contributed by atoms with Crippen LogP contribution in [0.3, 0.4) is 0 Å². The molecule has 2 rings (SSSR count). The molecule has 0 radical (unpaired) electrons. The number of nitrogens with one attached hydrogen (secondary N) is 2. The third-order valence-electron chi connectivity index (χ3n) is 3.60. The minimum absolute atomic E-state index is 0.538. The standard InChI is InChI=1S/C20H27N3O3/c1-5-25-18-10-9-16(14-19(18)24-4)23-20(21-3)22-11-12-26-17-8-6-7-15(2)13-17/h6-10,13-14H,5,11-12H2,1-4H3,(H2,21,22,23). The molecular formula is C20H27N3O3. The zero-order valence-corrected chi connectivity index (χ0v) is 15.8. The first kappa shape index (κ1) is 19.4. The van der Waals surface area contributed by atoms with Crippen LogP contribution in [0, 0.1) is 6.92 Å². The summed E-state index contributed by atoms with van der Waals surface area (Å²) in [6.45, 7) is 5.74. The molecule has 0 aliphatic heterocycles. The van der Waals surface area contributed by atoms with E-state index in [0.717, 1.165) is 17.2 Å². The van der Waals surface area contributed by atoms with Crippen molar-refractivity contribution >= 4 is 11.6 Å². The fraction of sp³-hybridized carbons (Fsp3) is 0.350.